The first-order chi connectivity index (χ1) is 8.72. The van der Waals surface area contributed by atoms with E-state index in [1.54, 1.807) is 12.1 Å². The zero-order valence-corrected chi connectivity index (χ0v) is 11.1. The van der Waals surface area contributed by atoms with Gasteiger partial charge in [0.2, 0.25) is 0 Å². The molecule has 3 N–H and O–H groups in total. The van der Waals surface area contributed by atoms with Crippen LogP contribution in [0, 0.1) is 5.92 Å². The Labute approximate surface area is 113 Å². The van der Waals surface area contributed by atoms with Crippen LogP contribution in [0.4, 0.5) is 0 Å². The quantitative estimate of drug-likeness (QED) is 0.880. The van der Waals surface area contributed by atoms with Crippen molar-refractivity contribution in [2.45, 2.75) is 31.7 Å². The van der Waals surface area contributed by atoms with E-state index in [1.165, 1.54) is 12.8 Å². The van der Waals surface area contributed by atoms with Crippen LogP contribution < -0.4 is 11.1 Å². The first-order valence-electron chi connectivity index (χ1n) is 6.48. The maximum absolute atomic E-state index is 12.1. The van der Waals surface area contributed by atoms with Gasteiger partial charge in [0.1, 0.15) is 0 Å². The highest BCUT2D eigenvalue weighted by molar-refractivity contribution is 6.33. The third-order valence-corrected chi connectivity index (χ3v) is 3.99. The lowest BCUT2D eigenvalue weighted by molar-refractivity contribution is 0.0924. The smallest absolute Gasteiger partial charge is 0.253 e. The van der Waals surface area contributed by atoms with Gasteiger partial charge in [-0.15, -0.1) is 0 Å². The molecule has 3 nitrogen and oxygen atoms in total. The average Bonchev–Trinajstić information content (AvgIpc) is 2.90. The molecule has 0 radical (unpaired) electrons. The lowest BCUT2D eigenvalue weighted by atomic mass is 9.98. The van der Waals surface area contributed by atoms with Gasteiger partial charge in [-0.3, -0.25) is 4.79 Å². The zero-order chi connectivity index (χ0) is 13.0. The molecule has 0 bridgehead atoms. The number of nitrogens with two attached hydrogens (primary N) is 1. The van der Waals surface area contributed by atoms with Crippen molar-refractivity contribution in [3.8, 4) is 0 Å². The van der Waals surface area contributed by atoms with E-state index in [-0.39, 0.29) is 11.9 Å². The first-order valence-corrected chi connectivity index (χ1v) is 6.85. The Kier molecular flexibility index (Phi) is 4.61. The van der Waals surface area contributed by atoms with Crippen molar-refractivity contribution in [1.82, 2.24) is 5.32 Å². The Morgan fingerprint density at radius 2 is 2.06 bits per heavy atom. The number of hydrogen-bond acceptors (Lipinski definition) is 2. The third-order valence-electron chi connectivity index (χ3n) is 3.66. The normalized spacial score (nSPS) is 17.7. The predicted molar refractivity (Wildman–Crippen MR) is 73.7 cm³/mol. The highest BCUT2D eigenvalue weighted by Gasteiger charge is 2.25. The molecular formula is C14H19ClN2O. The largest absolute Gasteiger partial charge is 0.348 e. The molecule has 18 heavy (non-hydrogen) atoms. The average molecular weight is 267 g/mol. The van der Waals surface area contributed by atoms with Crippen LogP contribution in [0.2, 0.25) is 5.02 Å². The van der Waals surface area contributed by atoms with Crippen LogP contribution in [-0.4, -0.2) is 18.5 Å². The minimum atomic E-state index is -0.122. The van der Waals surface area contributed by atoms with Gasteiger partial charge >= 0.3 is 0 Å². The summed E-state index contributed by atoms with van der Waals surface area (Å²) in [4.78, 5) is 12.1. The van der Waals surface area contributed by atoms with Crippen LogP contribution in [0.15, 0.2) is 24.3 Å². The van der Waals surface area contributed by atoms with Crippen LogP contribution in [0.1, 0.15) is 36.0 Å². The van der Waals surface area contributed by atoms with E-state index in [4.69, 9.17) is 17.3 Å². The van der Waals surface area contributed by atoms with Crippen LogP contribution >= 0.6 is 11.6 Å². The summed E-state index contributed by atoms with van der Waals surface area (Å²) in [5.74, 6) is 0.393. The molecular weight excluding hydrogens is 248 g/mol. The Hall–Kier alpha value is -1.06. The van der Waals surface area contributed by atoms with E-state index < -0.39 is 0 Å². The van der Waals surface area contributed by atoms with Gasteiger partial charge in [0.25, 0.3) is 5.91 Å². The lowest BCUT2D eigenvalue weighted by Crippen LogP contribution is -2.44. The molecule has 1 aliphatic rings. The molecule has 0 aromatic heterocycles. The van der Waals surface area contributed by atoms with Gasteiger partial charge in [0.15, 0.2) is 0 Å². The van der Waals surface area contributed by atoms with Gasteiger partial charge in [0, 0.05) is 12.6 Å². The fraction of sp³-hybridized carbons (Fsp3) is 0.500. The highest BCUT2D eigenvalue weighted by atomic mass is 35.5. The monoisotopic (exact) mass is 266 g/mol. The van der Waals surface area contributed by atoms with Gasteiger partial charge < -0.3 is 11.1 Å². The van der Waals surface area contributed by atoms with Gasteiger partial charge in [-0.1, -0.05) is 36.6 Å². The van der Waals surface area contributed by atoms with E-state index in [2.05, 4.69) is 5.32 Å². The van der Waals surface area contributed by atoms with E-state index >= 15 is 0 Å². The van der Waals surface area contributed by atoms with Gasteiger partial charge in [-0.05, 0) is 30.9 Å². The summed E-state index contributed by atoms with van der Waals surface area (Å²) in [7, 11) is 0. The van der Waals surface area contributed by atoms with Crippen molar-refractivity contribution >= 4 is 17.5 Å². The van der Waals surface area contributed by atoms with Crippen LogP contribution in [0.3, 0.4) is 0 Å². The summed E-state index contributed by atoms with van der Waals surface area (Å²) in [5.41, 5.74) is 6.29. The van der Waals surface area contributed by atoms with E-state index in [0.717, 1.165) is 12.8 Å². The Bertz CT molecular complexity index is 416. The van der Waals surface area contributed by atoms with Crippen molar-refractivity contribution in [3.05, 3.63) is 34.9 Å². The molecule has 0 heterocycles. The van der Waals surface area contributed by atoms with E-state index in [1.807, 2.05) is 12.1 Å². The Morgan fingerprint density at radius 3 is 2.67 bits per heavy atom. The summed E-state index contributed by atoms with van der Waals surface area (Å²) in [5, 5.41) is 3.50. The summed E-state index contributed by atoms with van der Waals surface area (Å²) < 4.78 is 0. The van der Waals surface area contributed by atoms with Gasteiger partial charge in [-0.2, -0.15) is 0 Å². The number of rotatable bonds is 4. The molecule has 2 rings (SSSR count). The summed E-state index contributed by atoms with van der Waals surface area (Å²) >= 11 is 6.01. The van der Waals surface area contributed by atoms with Gasteiger partial charge in [-0.25, -0.2) is 0 Å². The topological polar surface area (TPSA) is 55.1 Å². The van der Waals surface area contributed by atoms with E-state index in [0.29, 0.717) is 23.0 Å². The fourth-order valence-corrected chi connectivity index (χ4v) is 2.84. The standard InChI is InChI=1S/C14H19ClN2O/c15-12-8-4-3-7-11(12)14(18)17-13(9-16)10-5-1-2-6-10/h3-4,7-8,10,13H,1-2,5-6,9,16H2,(H,17,18). The number of nitrogens with one attached hydrogen (secondary N) is 1. The van der Waals surface area contributed by atoms with E-state index in [9.17, 15) is 4.79 Å². The summed E-state index contributed by atoms with van der Waals surface area (Å²) in [6, 6.07) is 7.16. The number of amides is 1. The molecule has 1 aliphatic carbocycles. The molecule has 1 aromatic carbocycles. The molecule has 1 amide bonds. The first kappa shape index (κ1) is 13.4. The zero-order valence-electron chi connectivity index (χ0n) is 10.4. The number of benzene rings is 1. The molecule has 98 valence electrons. The molecule has 0 saturated heterocycles. The molecule has 1 saturated carbocycles. The van der Waals surface area contributed by atoms with Crippen molar-refractivity contribution in [2.24, 2.45) is 11.7 Å². The lowest BCUT2D eigenvalue weighted by Gasteiger charge is -2.23. The summed E-state index contributed by atoms with van der Waals surface area (Å²) in [6.45, 7) is 0.487. The SMILES string of the molecule is NCC(NC(=O)c1ccccc1Cl)C1CCCC1. The second-order valence-electron chi connectivity index (χ2n) is 4.84. The summed E-state index contributed by atoms with van der Waals surface area (Å²) in [6.07, 6.45) is 4.79. The van der Waals surface area contributed by atoms with Crippen molar-refractivity contribution < 1.29 is 4.79 Å². The molecule has 0 aliphatic heterocycles. The third kappa shape index (κ3) is 3.03. The molecule has 4 heteroatoms. The van der Waals surface area contributed by atoms with Crippen molar-refractivity contribution in [1.29, 1.82) is 0 Å². The number of carbonyl (C=O) groups is 1. The molecule has 1 aromatic rings. The minimum Gasteiger partial charge on any atom is -0.348 e. The molecule has 1 fully saturated rings. The second-order valence-corrected chi connectivity index (χ2v) is 5.25. The van der Waals surface area contributed by atoms with Gasteiger partial charge in [0.05, 0.1) is 10.6 Å². The molecule has 1 unspecified atom stereocenters. The maximum Gasteiger partial charge on any atom is 0.253 e. The van der Waals surface area contributed by atoms with Crippen LogP contribution in [0.25, 0.3) is 0 Å². The Balaban J connectivity index is 2.03. The molecule has 1 atom stereocenters. The number of halogens is 1. The molecule has 0 spiro atoms. The second kappa shape index (κ2) is 6.21. The number of carbonyl (C=O) groups excluding carboxylic acids is 1. The van der Waals surface area contributed by atoms with Crippen LogP contribution in [0.5, 0.6) is 0 Å². The fourth-order valence-electron chi connectivity index (χ4n) is 2.62. The van der Waals surface area contributed by atoms with Crippen LogP contribution in [-0.2, 0) is 0 Å². The minimum absolute atomic E-state index is 0.0660. The number of hydrogen-bond donors (Lipinski definition) is 2. The maximum atomic E-state index is 12.1. The van der Waals surface area contributed by atoms with Crippen molar-refractivity contribution in [3.63, 3.8) is 0 Å². The Morgan fingerprint density at radius 1 is 1.39 bits per heavy atom. The predicted octanol–water partition coefficient (Wildman–Crippen LogP) is 2.59. The van der Waals surface area contributed by atoms with Crippen molar-refractivity contribution in [2.75, 3.05) is 6.54 Å². The highest BCUT2D eigenvalue weighted by Crippen LogP contribution is 2.27.